The molecule has 0 saturated heterocycles. The quantitative estimate of drug-likeness (QED) is 0.780. The summed E-state index contributed by atoms with van der Waals surface area (Å²) in [6.45, 7) is 5.68. The van der Waals surface area contributed by atoms with Gasteiger partial charge in [0.1, 0.15) is 11.5 Å². The van der Waals surface area contributed by atoms with Crippen LogP contribution in [0.5, 0.6) is 0 Å². The zero-order chi connectivity index (χ0) is 13.3. The van der Waals surface area contributed by atoms with E-state index in [9.17, 15) is 9.18 Å². The molecule has 18 heavy (non-hydrogen) atoms. The van der Waals surface area contributed by atoms with Crippen molar-refractivity contribution in [3.63, 3.8) is 0 Å². The normalized spacial score (nSPS) is 10.9. The molecule has 0 N–H and O–H groups in total. The fourth-order valence-corrected chi connectivity index (χ4v) is 1.86. The molecule has 3 nitrogen and oxygen atoms in total. The average molecular weight is 246 g/mol. The molecular formula is C14H15FN2O. The van der Waals surface area contributed by atoms with E-state index in [2.05, 4.69) is 5.10 Å². The van der Waals surface area contributed by atoms with E-state index in [0.717, 1.165) is 5.56 Å². The van der Waals surface area contributed by atoms with E-state index >= 15 is 0 Å². The second-order valence-electron chi connectivity index (χ2n) is 4.57. The Morgan fingerprint density at radius 1 is 1.33 bits per heavy atom. The fourth-order valence-electron chi connectivity index (χ4n) is 1.86. The molecule has 0 radical (unpaired) electrons. The lowest BCUT2D eigenvalue weighted by atomic mass is 10.0. The van der Waals surface area contributed by atoms with Gasteiger partial charge in [-0.15, -0.1) is 0 Å². The molecule has 0 aliphatic heterocycles. The summed E-state index contributed by atoms with van der Waals surface area (Å²) in [6, 6.07) is 6.20. The number of carbonyl (C=O) groups is 1. The molecule has 1 heterocycles. The van der Waals surface area contributed by atoms with Crippen molar-refractivity contribution >= 4 is 5.78 Å². The summed E-state index contributed by atoms with van der Waals surface area (Å²) in [5.74, 6) is -0.829. The first-order valence-corrected chi connectivity index (χ1v) is 5.85. The van der Waals surface area contributed by atoms with Gasteiger partial charge in [0, 0.05) is 12.2 Å². The maximum Gasteiger partial charge on any atom is 0.213 e. The molecule has 0 aliphatic carbocycles. The predicted octanol–water partition coefficient (Wildman–Crippen LogP) is 3.14. The summed E-state index contributed by atoms with van der Waals surface area (Å²) in [5, 5.41) is 4.09. The van der Waals surface area contributed by atoms with E-state index in [4.69, 9.17) is 0 Å². The summed E-state index contributed by atoms with van der Waals surface area (Å²) < 4.78 is 15.3. The van der Waals surface area contributed by atoms with E-state index in [0.29, 0.717) is 5.69 Å². The van der Waals surface area contributed by atoms with Gasteiger partial charge in [0.25, 0.3) is 0 Å². The number of aromatic nitrogens is 2. The first kappa shape index (κ1) is 12.5. The number of halogens is 1. The number of hydrogen-bond donors (Lipinski definition) is 0. The van der Waals surface area contributed by atoms with Gasteiger partial charge in [-0.25, -0.2) is 4.39 Å². The number of carbonyl (C=O) groups excluding carboxylic acids is 1. The average Bonchev–Trinajstić information content (AvgIpc) is 2.80. The van der Waals surface area contributed by atoms with Gasteiger partial charge < -0.3 is 0 Å². The minimum absolute atomic E-state index is 0.0619. The van der Waals surface area contributed by atoms with Crippen molar-refractivity contribution in [2.75, 3.05) is 0 Å². The zero-order valence-corrected chi connectivity index (χ0v) is 10.6. The van der Waals surface area contributed by atoms with E-state index in [1.807, 2.05) is 20.8 Å². The van der Waals surface area contributed by atoms with Gasteiger partial charge >= 0.3 is 0 Å². The fraction of sp³-hybridized carbons (Fsp3) is 0.286. The van der Waals surface area contributed by atoms with E-state index in [-0.39, 0.29) is 17.4 Å². The lowest BCUT2D eigenvalue weighted by molar-refractivity contribution is 0.102. The molecular weight excluding hydrogens is 231 g/mol. The number of rotatable bonds is 3. The van der Waals surface area contributed by atoms with Crippen LogP contribution in [0, 0.1) is 12.7 Å². The van der Waals surface area contributed by atoms with Crippen LogP contribution in [0.2, 0.25) is 0 Å². The molecule has 2 aromatic rings. The Hall–Kier alpha value is -1.97. The molecule has 1 aromatic heterocycles. The van der Waals surface area contributed by atoms with E-state index < -0.39 is 5.82 Å². The molecule has 0 unspecified atom stereocenters. The third-order valence-corrected chi connectivity index (χ3v) is 2.76. The Kier molecular flexibility index (Phi) is 3.28. The van der Waals surface area contributed by atoms with Gasteiger partial charge in [0.2, 0.25) is 5.78 Å². The Morgan fingerprint density at radius 2 is 2.06 bits per heavy atom. The number of ketones is 1. The standard InChI is InChI=1S/C14H15FN2O/c1-9(2)17-13(6-7-16-17)14(18)11-8-10(3)4-5-12(11)15/h4-9H,1-3H3. The number of hydrogen-bond acceptors (Lipinski definition) is 2. The highest BCUT2D eigenvalue weighted by Gasteiger charge is 2.19. The molecule has 0 saturated carbocycles. The largest absolute Gasteiger partial charge is 0.287 e. The van der Waals surface area contributed by atoms with Crippen LogP contribution in [0.3, 0.4) is 0 Å². The third-order valence-electron chi connectivity index (χ3n) is 2.76. The first-order valence-electron chi connectivity index (χ1n) is 5.85. The topological polar surface area (TPSA) is 34.9 Å². The lowest BCUT2D eigenvalue weighted by Gasteiger charge is -2.10. The summed E-state index contributed by atoms with van der Waals surface area (Å²) in [5.41, 5.74) is 1.36. The zero-order valence-electron chi connectivity index (χ0n) is 10.6. The molecule has 0 amide bonds. The van der Waals surface area contributed by atoms with Crippen LogP contribution in [-0.2, 0) is 0 Å². The van der Waals surface area contributed by atoms with Gasteiger partial charge in [0.15, 0.2) is 0 Å². The van der Waals surface area contributed by atoms with Gasteiger partial charge in [0.05, 0.1) is 5.56 Å². The molecule has 0 bridgehead atoms. The predicted molar refractivity (Wildman–Crippen MR) is 67.2 cm³/mol. The van der Waals surface area contributed by atoms with Crippen molar-refractivity contribution in [3.05, 3.63) is 53.1 Å². The van der Waals surface area contributed by atoms with Crippen LogP contribution in [0.4, 0.5) is 4.39 Å². The maximum atomic E-state index is 13.7. The SMILES string of the molecule is Cc1ccc(F)c(C(=O)c2ccnn2C(C)C)c1. The molecule has 0 aliphatic rings. The molecule has 0 spiro atoms. The Labute approximate surface area is 105 Å². The Bertz CT molecular complexity index is 587. The number of nitrogens with zero attached hydrogens (tertiary/aromatic N) is 2. The van der Waals surface area contributed by atoms with Crippen LogP contribution >= 0.6 is 0 Å². The van der Waals surface area contributed by atoms with Gasteiger partial charge in [-0.05, 0) is 39.0 Å². The van der Waals surface area contributed by atoms with Crippen molar-refractivity contribution in [1.29, 1.82) is 0 Å². The van der Waals surface area contributed by atoms with E-state index in [1.54, 1.807) is 29.1 Å². The highest BCUT2D eigenvalue weighted by atomic mass is 19.1. The monoisotopic (exact) mass is 246 g/mol. The van der Waals surface area contributed by atoms with Crippen LogP contribution < -0.4 is 0 Å². The van der Waals surface area contributed by atoms with Crippen LogP contribution in [-0.4, -0.2) is 15.6 Å². The highest BCUT2D eigenvalue weighted by molar-refractivity contribution is 6.08. The molecule has 94 valence electrons. The smallest absolute Gasteiger partial charge is 0.213 e. The van der Waals surface area contributed by atoms with Crippen molar-refractivity contribution in [2.24, 2.45) is 0 Å². The van der Waals surface area contributed by atoms with Gasteiger partial charge in [-0.3, -0.25) is 9.48 Å². The highest BCUT2D eigenvalue weighted by Crippen LogP contribution is 2.17. The maximum absolute atomic E-state index is 13.7. The van der Waals surface area contributed by atoms with Crippen LogP contribution in [0.25, 0.3) is 0 Å². The summed E-state index contributed by atoms with van der Waals surface area (Å²) in [7, 11) is 0. The molecule has 4 heteroatoms. The molecule has 2 rings (SSSR count). The second kappa shape index (κ2) is 4.72. The van der Waals surface area contributed by atoms with Crippen LogP contribution in [0.1, 0.15) is 41.5 Å². The molecule has 0 atom stereocenters. The van der Waals surface area contributed by atoms with Crippen molar-refractivity contribution in [1.82, 2.24) is 9.78 Å². The van der Waals surface area contributed by atoms with E-state index in [1.165, 1.54) is 6.07 Å². The number of aryl methyl sites for hydroxylation is 1. The van der Waals surface area contributed by atoms with Crippen LogP contribution in [0.15, 0.2) is 30.5 Å². The minimum Gasteiger partial charge on any atom is -0.287 e. The number of benzene rings is 1. The van der Waals surface area contributed by atoms with Gasteiger partial charge in [-0.1, -0.05) is 11.6 Å². The molecule has 0 fully saturated rings. The second-order valence-corrected chi connectivity index (χ2v) is 4.57. The summed E-state index contributed by atoms with van der Waals surface area (Å²) in [6.07, 6.45) is 1.56. The van der Waals surface area contributed by atoms with Crippen molar-refractivity contribution in [2.45, 2.75) is 26.8 Å². The summed E-state index contributed by atoms with van der Waals surface area (Å²) >= 11 is 0. The minimum atomic E-state index is -0.498. The third kappa shape index (κ3) is 2.18. The Morgan fingerprint density at radius 3 is 2.72 bits per heavy atom. The Balaban J connectivity index is 2.48. The van der Waals surface area contributed by atoms with Gasteiger partial charge in [-0.2, -0.15) is 5.10 Å². The molecule has 1 aromatic carbocycles. The van der Waals surface area contributed by atoms with Crippen molar-refractivity contribution in [3.8, 4) is 0 Å². The summed E-state index contributed by atoms with van der Waals surface area (Å²) in [4.78, 5) is 12.3. The first-order chi connectivity index (χ1) is 8.50. The van der Waals surface area contributed by atoms with Crippen molar-refractivity contribution < 1.29 is 9.18 Å². The lowest BCUT2D eigenvalue weighted by Crippen LogP contribution is -2.14.